The van der Waals surface area contributed by atoms with Crippen LogP contribution in [0.15, 0.2) is 17.1 Å². The second kappa shape index (κ2) is 4.41. The molecule has 0 bridgehead atoms. The van der Waals surface area contributed by atoms with Crippen molar-refractivity contribution in [2.75, 3.05) is 7.11 Å². The number of methoxy groups -OCH3 is 1. The average molecular weight is 192 g/mol. The van der Waals surface area contributed by atoms with E-state index in [1.165, 1.54) is 7.11 Å². The van der Waals surface area contributed by atoms with E-state index in [1.54, 1.807) is 6.07 Å². The third-order valence-corrected chi connectivity index (χ3v) is 1.74. The fourth-order valence-corrected chi connectivity index (χ4v) is 1.10. The Bertz CT molecular complexity index is 377. The highest BCUT2D eigenvalue weighted by atomic mass is 16.5. The van der Waals surface area contributed by atoms with Crippen LogP contribution < -0.4 is 0 Å². The molecule has 0 amide bonds. The Balaban J connectivity index is 3.12. The summed E-state index contributed by atoms with van der Waals surface area (Å²) < 4.78 is 4.57. The van der Waals surface area contributed by atoms with Crippen LogP contribution in [0.5, 0.6) is 0 Å². The van der Waals surface area contributed by atoms with Crippen LogP contribution in [0.1, 0.15) is 23.1 Å². The van der Waals surface area contributed by atoms with Gasteiger partial charge in [-0.3, -0.25) is 4.99 Å². The predicted octanol–water partition coefficient (Wildman–Crippen LogP) is 2.17. The Hall–Kier alpha value is -1.84. The number of ether oxygens (including phenoxy) is 1. The molecule has 1 aromatic heterocycles. The van der Waals surface area contributed by atoms with E-state index in [0.29, 0.717) is 11.4 Å². The SMILES string of the molecule is C=Nc1cc(C(=O)OC)[nH]c1/C=C\C. The molecule has 4 heteroatoms. The van der Waals surface area contributed by atoms with Crippen LogP contribution in [0.4, 0.5) is 5.69 Å². The maximum Gasteiger partial charge on any atom is 0.354 e. The average Bonchev–Trinajstić information content (AvgIpc) is 2.60. The van der Waals surface area contributed by atoms with Crippen molar-refractivity contribution >= 4 is 24.5 Å². The molecule has 0 aliphatic heterocycles. The molecular formula is C10H12N2O2. The summed E-state index contributed by atoms with van der Waals surface area (Å²) in [5, 5.41) is 0. The van der Waals surface area contributed by atoms with Gasteiger partial charge in [-0.25, -0.2) is 4.79 Å². The van der Waals surface area contributed by atoms with Gasteiger partial charge in [0.2, 0.25) is 0 Å². The number of aromatic amines is 1. The van der Waals surface area contributed by atoms with Gasteiger partial charge >= 0.3 is 5.97 Å². The molecule has 0 saturated carbocycles. The fourth-order valence-electron chi connectivity index (χ4n) is 1.10. The van der Waals surface area contributed by atoms with Crippen molar-refractivity contribution in [1.82, 2.24) is 4.98 Å². The predicted molar refractivity (Wildman–Crippen MR) is 56.0 cm³/mol. The quantitative estimate of drug-likeness (QED) is 0.589. The van der Waals surface area contributed by atoms with E-state index in [0.717, 1.165) is 5.69 Å². The number of carbonyl (C=O) groups is 1. The molecule has 0 aromatic carbocycles. The number of aliphatic imine (C=N–C) groups is 1. The largest absolute Gasteiger partial charge is 0.464 e. The van der Waals surface area contributed by atoms with Crippen molar-refractivity contribution in [2.45, 2.75) is 6.92 Å². The van der Waals surface area contributed by atoms with Gasteiger partial charge in [0.15, 0.2) is 0 Å². The molecule has 0 atom stereocenters. The van der Waals surface area contributed by atoms with Crippen LogP contribution in [0.2, 0.25) is 0 Å². The highest BCUT2D eigenvalue weighted by molar-refractivity contribution is 5.90. The van der Waals surface area contributed by atoms with Crippen molar-refractivity contribution in [3.8, 4) is 0 Å². The van der Waals surface area contributed by atoms with E-state index >= 15 is 0 Å². The van der Waals surface area contributed by atoms with E-state index in [-0.39, 0.29) is 0 Å². The maximum atomic E-state index is 11.2. The number of allylic oxidation sites excluding steroid dienone is 1. The van der Waals surface area contributed by atoms with E-state index in [2.05, 4.69) is 21.4 Å². The number of hydrogen-bond donors (Lipinski definition) is 1. The highest BCUT2D eigenvalue weighted by Crippen LogP contribution is 2.21. The van der Waals surface area contributed by atoms with Crippen molar-refractivity contribution in [3.05, 3.63) is 23.5 Å². The van der Waals surface area contributed by atoms with Gasteiger partial charge in [0.25, 0.3) is 0 Å². The zero-order chi connectivity index (χ0) is 10.6. The number of aromatic nitrogens is 1. The van der Waals surface area contributed by atoms with Gasteiger partial charge < -0.3 is 9.72 Å². The Kier molecular flexibility index (Phi) is 3.23. The molecule has 0 radical (unpaired) electrons. The van der Waals surface area contributed by atoms with Gasteiger partial charge in [-0.1, -0.05) is 6.08 Å². The van der Waals surface area contributed by atoms with Gasteiger partial charge in [0.05, 0.1) is 18.5 Å². The first-order valence-electron chi connectivity index (χ1n) is 4.13. The third-order valence-electron chi connectivity index (χ3n) is 1.74. The number of H-pyrrole nitrogens is 1. The van der Waals surface area contributed by atoms with Crippen LogP contribution in [0, 0.1) is 0 Å². The lowest BCUT2D eigenvalue weighted by molar-refractivity contribution is 0.0595. The minimum absolute atomic E-state index is 0.378. The zero-order valence-corrected chi connectivity index (χ0v) is 8.20. The monoisotopic (exact) mass is 192 g/mol. The second-order valence-corrected chi connectivity index (χ2v) is 2.63. The molecule has 1 heterocycles. The van der Waals surface area contributed by atoms with E-state index in [4.69, 9.17) is 0 Å². The van der Waals surface area contributed by atoms with Gasteiger partial charge in [0.1, 0.15) is 5.69 Å². The Morgan fingerprint density at radius 2 is 2.43 bits per heavy atom. The number of nitrogens with zero attached hydrogens (tertiary/aromatic N) is 1. The van der Waals surface area contributed by atoms with Gasteiger partial charge in [-0.2, -0.15) is 0 Å². The summed E-state index contributed by atoms with van der Waals surface area (Å²) >= 11 is 0. The van der Waals surface area contributed by atoms with E-state index in [9.17, 15) is 4.79 Å². The molecule has 0 aliphatic carbocycles. The Morgan fingerprint density at radius 1 is 1.71 bits per heavy atom. The maximum absolute atomic E-state index is 11.2. The van der Waals surface area contributed by atoms with Gasteiger partial charge in [-0.15, -0.1) is 0 Å². The highest BCUT2D eigenvalue weighted by Gasteiger charge is 2.11. The standard InChI is InChI=1S/C10H12N2O2/c1-4-5-7-8(11-2)6-9(12-7)10(13)14-3/h4-6,12H,2H2,1,3H3/b5-4-. The molecular weight excluding hydrogens is 180 g/mol. The normalized spacial score (nSPS) is 10.4. The number of rotatable bonds is 3. The van der Waals surface area contributed by atoms with Crippen LogP contribution in [0.25, 0.3) is 6.08 Å². The molecule has 1 rings (SSSR count). The minimum Gasteiger partial charge on any atom is -0.464 e. The summed E-state index contributed by atoms with van der Waals surface area (Å²) in [6.45, 7) is 5.30. The van der Waals surface area contributed by atoms with Gasteiger partial charge in [-0.05, 0) is 25.8 Å². The molecule has 1 N–H and O–H groups in total. The summed E-state index contributed by atoms with van der Waals surface area (Å²) in [6.07, 6.45) is 3.66. The van der Waals surface area contributed by atoms with Crippen LogP contribution in [-0.2, 0) is 4.74 Å². The summed E-state index contributed by atoms with van der Waals surface area (Å²) in [6, 6.07) is 1.61. The molecule has 74 valence electrons. The molecule has 0 saturated heterocycles. The van der Waals surface area contributed by atoms with Crippen molar-refractivity contribution in [1.29, 1.82) is 0 Å². The minimum atomic E-state index is -0.411. The Morgan fingerprint density at radius 3 is 2.93 bits per heavy atom. The first-order valence-corrected chi connectivity index (χ1v) is 4.13. The van der Waals surface area contributed by atoms with E-state index < -0.39 is 5.97 Å². The summed E-state index contributed by atoms with van der Waals surface area (Å²) in [5.74, 6) is -0.411. The fraction of sp³-hybridized carbons (Fsp3) is 0.200. The first-order chi connectivity index (χ1) is 6.72. The zero-order valence-electron chi connectivity index (χ0n) is 8.20. The van der Waals surface area contributed by atoms with Crippen LogP contribution >= 0.6 is 0 Å². The molecule has 1 aromatic rings. The second-order valence-electron chi connectivity index (χ2n) is 2.63. The first kappa shape index (κ1) is 10.2. The summed E-state index contributed by atoms with van der Waals surface area (Å²) in [7, 11) is 1.33. The molecule has 0 spiro atoms. The number of nitrogens with one attached hydrogen (secondary N) is 1. The molecule has 0 aliphatic rings. The number of esters is 1. The van der Waals surface area contributed by atoms with Crippen molar-refractivity contribution in [2.24, 2.45) is 4.99 Å². The summed E-state index contributed by atoms with van der Waals surface area (Å²) in [5.41, 5.74) is 1.77. The van der Waals surface area contributed by atoms with Crippen LogP contribution in [0.3, 0.4) is 0 Å². The van der Waals surface area contributed by atoms with Gasteiger partial charge in [0, 0.05) is 0 Å². The topological polar surface area (TPSA) is 54.4 Å². The lowest BCUT2D eigenvalue weighted by Crippen LogP contribution is -2.00. The Labute approximate surface area is 82.3 Å². The molecule has 4 nitrogen and oxygen atoms in total. The lowest BCUT2D eigenvalue weighted by atomic mass is 10.3. The number of hydrogen-bond acceptors (Lipinski definition) is 3. The molecule has 14 heavy (non-hydrogen) atoms. The van der Waals surface area contributed by atoms with Crippen molar-refractivity contribution < 1.29 is 9.53 Å². The number of carbonyl (C=O) groups excluding carboxylic acids is 1. The van der Waals surface area contributed by atoms with Crippen LogP contribution in [-0.4, -0.2) is 24.8 Å². The van der Waals surface area contributed by atoms with E-state index in [1.807, 2.05) is 19.1 Å². The lowest BCUT2D eigenvalue weighted by Gasteiger charge is -1.92. The summed E-state index contributed by atoms with van der Waals surface area (Å²) in [4.78, 5) is 17.8. The molecule has 0 unspecified atom stereocenters. The molecule has 0 fully saturated rings. The third kappa shape index (κ3) is 1.90. The smallest absolute Gasteiger partial charge is 0.354 e. The van der Waals surface area contributed by atoms with Crippen molar-refractivity contribution in [3.63, 3.8) is 0 Å².